The molecule has 0 aromatic carbocycles. The van der Waals surface area contributed by atoms with E-state index in [0.717, 1.165) is 50.8 Å². The fourth-order valence-electron chi connectivity index (χ4n) is 3.67. The molecule has 0 amide bonds. The van der Waals surface area contributed by atoms with E-state index < -0.39 is 0 Å². The Morgan fingerprint density at radius 1 is 1.32 bits per heavy atom. The molecule has 2 aliphatic heterocycles. The second-order valence-corrected chi connectivity index (χ2v) is 6.36. The van der Waals surface area contributed by atoms with Gasteiger partial charge in [0.2, 0.25) is 0 Å². The maximum Gasteiger partial charge on any atom is 0.160 e. The lowest BCUT2D eigenvalue weighted by atomic mass is 10.2. The topological polar surface area (TPSA) is 60.1 Å². The van der Waals surface area contributed by atoms with Crippen molar-refractivity contribution in [1.82, 2.24) is 29.5 Å². The van der Waals surface area contributed by atoms with Crippen LogP contribution in [-0.4, -0.2) is 63.6 Å². The molecule has 0 saturated carbocycles. The molecule has 0 aliphatic carbocycles. The maximum absolute atomic E-state index is 5.96. The lowest BCUT2D eigenvalue weighted by Gasteiger charge is -2.21. The highest BCUT2D eigenvalue weighted by atomic mass is 35.5. The Morgan fingerprint density at radius 3 is 2.92 bits per heavy atom. The van der Waals surface area contributed by atoms with Crippen LogP contribution in [0, 0.1) is 0 Å². The van der Waals surface area contributed by atoms with E-state index in [1.807, 2.05) is 6.20 Å². The van der Waals surface area contributed by atoms with Gasteiger partial charge in [-0.3, -0.25) is 4.68 Å². The normalized spacial score (nSPS) is 23.0. The van der Waals surface area contributed by atoms with Gasteiger partial charge in [0.1, 0.15) is 5.69 Å². The predicted octanol–water partition coefficient (Wildman–Crippen LogP) is 1.58. The van der Waals surface area contributed by atoms with Crippen molar-refractivity contribution in [1.29, 1.82) is 0 Å². The third-order valence-corrected chi connectivity index (χ3v) is 4.73. The Bertz CT molecular complexity index is 664. The smallest absolute Gasteiger partial charge is 0.160 e. The van der Waals surface area contributed by atoms with E-state index in [4.69, 9.17) is 9.84 Å². The molecule has 140 valence electrons. The van der Waals surface area contributed by atoms with Crippen molar-refractivity contribution in [3.8, 4) is 11.5 Å². The van der Waals surface area contributed by atoms with Gasteiger partial charge in [-0.2, -0.15) is 5.10 Å². The van der Waals surface area contributed by atoms with Gasteiger partial charge in [-0.25, -0.2) is 4.98 Å². The highest BCUT2D eigenvalue weighted by Crippen LogP contribution is 2.29. The van der Waals surface area contributed by atoms with Crippen molar-refractivity contribution >= 4 is 24.8 Å². The van der Waals surface area contributed by atoms with Crippen LogP contribution in [0.5, 0.6) is 0 Å². The average Bonchev–Trinajstić information content (AvgIpc) is 3.24. The molecule has 2 atom stereocenters. The van der Waals surface area contributed by atoms with Gasteiger partial charge in [0.05, 0.1) is 24.4 Å². The molecule has 0 unspecified atom stereocenters. The number of nitrogens with one attached hydrogen (secondary N) is 1. The second kappa shape index (κ2) is 8.51. The molecule has 2 aliphatic rings. The molecule has 25 heavy (non-hydrogen) atoms. The molecule has 2 aromatic rings. The zero-order chi connectivity index (χ0) is 15.8. The van der Waals surface area contributed by atoms with Crippen LogP contribution in [0.15, 0.2) is 18.5 Å². The summed E-state index contributed by atoms with van der Waals surface area (Å²) in [4.78, 5) is 6.90. The third-order valence-electron chi connectivity index (χ3n) is 4.73. The van der Waals surface area contributed by atoms with Crippen LogP contribution >= 0.6 is 24.8 Å². The highest BCUT2D eigenvalue weighted by molar-refractivity contribution is 5.85. The number of hydrogen-bond acceptors (Lipinski definition) is 5. The number of nitrogens with zero attached hydrogens (tertiary/aromatic N) is 5. The van der Waals surface area contributed by atoms with E-state index in [1.165, 1.54) is 5.69 Å². The zero-order valence-corrected chi connectivity index (χ0v) is 16.2. The van der Waals surface area contributed by atoms with E-state index in [9.17, 15) is 0 Å². The molecular formula is C16H26Cl2N6O. The van der Waals surface area contributed by atoms with E-state index in [-0.39, 0.29) is 37.0 Å². The van der Waals surface area contributed by atoms with Crippen molar-refractivity contribution in [3.63, 3.8) is 0 Å². The average molecular weight is 389 g/mol. The standard InChI is InChI=1S/C16H24N6O.2ClH/c1-3-23-15-11-20(2)10-14(15)21-6-5-18-16(21)13-8-12-9-17-4-7-22(12)19-13;;/h5-6,8,14-15,17H,3-4,7,9-11H2,1-2H3;2*1H/t14-,15-;;/m0../s1. The van der Waals surface area contributed by atoms with Crippen LogP contribution in [0.25, 0.3) is 11.5 Å². The molecule has 1 N–H and O–H groups in total. The van der Waals surface area contributed by atoms with E-state index in [2.05, 4.69) is 50.7 Å². The summed E-state index contributed by atoms with van der Waals surface area (Å²) in [6, 6.07) is 2.44. The summed E-state index contributed by atoms with van der Waals surface area (Å²) in [7, 11) is 2.14. The second-order valence-electron chi connectivity index (χ2n) is 6.36. The molecule has 0 radical (unpaired) electrons. The van der Waals surface area contributed by atoms with E-state index in [1.54, 1.807) is 0 Å². The van der Waals surface area contributed by atoms with Gasteiger partial charge in [-0.05, 0) is 20.0 Å². The van der Waals surface area contributed by atoms with Gasteiger partial charge in [0.15, 0.2) is 5.82 Å². The molecule has 1 fully saturated rings. The number of aromatic nitrogens is 4. The third kappa shape index (κ3) is 3.85. The van der Waals surface area contributed by atoms with E-state index >= 15 is 0 Å². The summed E-state index contributed by atoms with van der Waals surface area (Å²) < 4.78 is 10.3. The Balaban J connectivity index is 0.00000113. The minimum Gasteiger partial charge on any atom is -0.375 e. The first kappa shape index (κ1) is 20.2. The van der Waals surface area contributed by atoms with Crippen LogP contribution in [0.4, 0.5) is 0 Å². The fraction of sp³-hybridized carbons (Fsp3) is 0.625. The number of ether oxygens (including phenoxy) is 1. The molecule has 0 spiro atoms. The fourth-order valence-corrected chi connectivity index (χ4v) is 3.67. The molecule has 7 nitrogen and oxygen atoms in total. The molecule has 0 bridgehead atoms. The summed E-state index contributed by atoms with van der Waals surface area (Å²) in [6.45, 7) is 7.50. The summed E-state index contributed by atoms with van der Waals surface area (Å²) in [5.74, 6) is 0.942. The number of likely N-dealkylation sites (N-methyl/N-ethyl adjacent to an activating group) is 1. The van der Waals surface area contributed by atoms with Crippen LogP contribution in [-0.2, 0) is 17.8 Å². The summed E-state index contributed by atoms with van der Waals surface area (Å²) in [5, 5.41) is 8.14. The van der Waals surface area contributed by atoms with Gasteiger partial charge < -0.3 is 19.5 Å². The van der Waals surface area contributed by atoms with Crippen molar-refractivity contribution in [2.24, 2.45) is 0 Å². The molecule has 4 rings (SSSR count). The minimum absolute atomic E-state index is 0. The van der Waals surface area contributed by atoms with Gasteiger partial charge >= 0.3 is 0 Å². The lowest BCUT2D eigenvalue weighted by molar-refractivity contribution is 0.0471. The van der Waals surface area contributed by atoms with Crippen molar-refractivity contribution in [2.75, 3.05) is 33.3 Å². The number of rotatable bonds is 4. The van der Waals surface area contributed by atoms with Gasteiger partial charge in [0.25, 0.3) is 0 Å². The van der Waals surface area contributed by atoms with Crippen LogP contribution in [0.2, 0.25) is 0 Å². The maximum atomic E-state index is 5.96. The first-order chi connectivity index (χ1) is 11.3. The molecular weight excluding hydrogens is 363 g/mol. The van der Waals surface area contributed by atoms with Gasteiger partial charge in [-0.15, -0.1) is 24.8 Å². The zero-order valence-electron chi connectivity index (χ0n) is 14.6. The first-order valence-electron chi connectivity index (χ1n) is 8.37. The first-order valence-corrected chi connectivity index (χ1v) is 8.37. The monoisotopic (exact) mass is 388 g/mol. The summed E-state index contributed by atoms with van der Waals surface area (Å²) >= 11 is 0. The molecule has 4 heterocycles. The number of fused-ring (bicyclic) bond motifs is 1. The highest BCUT2D eigenvalue weighted by Gasteiger charge is 2.34. The van der Waals surface area contributed by atoms with Crippen LogP contribution in [0.3, 0.4) is 0 Å². The number of likely N-dealkylation sites (tertiary alicyclic amines) is 1. The quantitative estimate of drug-likeness (QED) is 0.861. The van der Waals surface area contributed by atoms with Crippen molar-refractivity contribution in [2.45, 2.75) is 32.2 Å². The summed E-state index contributed by atoms with van der Waals surface area (Å²) in [5.41, 5.74) is 2.18. The summed E-state index contributed by atoms with van der Waals surface area (Å²) in [6.07, 6.45) is 4.13. The minimum atomic E-state index is 0. The van der Waals surface area contributed by atoms with Crippen molar-refractivity contribution < 1.29 is 4.74 Å². The van der Waals surface area contributed by atoms with Crippen LogP contribution in [0.1, 0.15) is 18.7 Å². The largest absolute Gasteiger partial charge is 0.375 e. The van der Waals surface area contributed by atoms with Crippen molar-refractivity contribution in [3.05, 3.63) is 24.2 Å². The number of imidazole rings is 1. The Kier molecular flexibility index (Phi) is 6.87. The SMILES string of the molecule is CCO[C@H]1CN(C)C[C@@H]1n1ccnc1-c1cc2n(n1)CCNC2.Cl.Cl. The van der Waals surface area contributed by atoms with Gasteiger partial charge in [0, 0.05) is 45.2 Å². The number of halogens is 2. The molecule has 9 heteroatoms. The van der Waals surface area contributed by atoms with Crippen LogP contribution < -0.4 is 5.32 Å². The lowest BCUT2D eigenvalue weighted by Crippen LogP contribution is -2.28. The van der Waals surface area contributed by atoms with E-state index in [0.29, 0.717) is 0 Å². The Morgan fingerprint density at radius 2 is 2.16 bits per heavy atom. The Labute approximate surface area is 160 Å². The predicted molar refractivity (Wildman–Crippen MR) is 102 cm³/mol. The van der Waals surface area contributed by atoms with Gasteiger partial charge in [-0.1, -0.05) is 0 Å². The molecule has 1 saturated heterocycles. The Hall–Kier alpha value is -1.12. The molecule has 2 aromatic heterocycles. The number of hydrogen-bond donors (Lipinski definition) is 1.